The van der Waals surface area contributed by atoms with E-state index in [4.69, 9.17) is 4.74 Å². The number of ether oxygens (including phenoxy) is 1. The monoisotopic (exact) mass is 348 g/mol. The molecule has 0 unspecified atom stereocenters. The summed E-state index contributed by atoms with van der Waals surface area (Å²) < 4.78 is 5.14. The van der Waals surface area contributed by atoms with Crippen LogP contribution in [0.25, 0.3) is 11.1 Å². The second-order valence-corrected chi connectivity index (χ2v) is 5.54. The van der Waals surface area contributed by atoms with E-state index in [1.165, 1.54) is 12.1 Å². The van der Waals surface area contributed by atoms with E-state index in [1.54, 1.807) is 37.4 Å². The fraction of sp³-hybridized carbons (Fsp3) is 0.0500. The molecule has 0 atom stereocenters. The molecule has 3 aromatic rings. The number of anilines is 1. The number of benzene rings is 3. The van der Waals surface area contributed by atoms with Crippen molar-refractivity contribution in [3.05, 3.63) is 88.5 Å². The molecule has 6 nitrogen and oxygen atoms in total. The van der Waals surface area contributed by atoms with Gasteiger partial charge in [0, 0.05) is 11.6 Å². The first kappa shape index (κ1) is 17.2. The predicted molar refractivity (Wildman–Crippen MR) is 99.5 cm³/mol. The molecule has 0 heterocycles. The smallest absolute Gasteiger partial charge is 0.292 e. The third kappa shape index (κ3) is 3.70. The summed E-state index contributed by atoms with van der Waals surface area (Å²) in [4.78, 5) is 23.1. The van der Waals surface area contributed by atoms with E-state index >= 15 is 0 Å². The Morgan fingerprint density at radius 1 is 0.962 bits per heavy atom. The Balaban J connectivity index is 1.86. The Hall–Kier alpha value is -3.67. The van der Waals surface area contributed by atoms with Crippen LogP contribution >= 0.6 is 0 Å². The molecule has 26 heavy (non-hydrogen) atoms. The van der Waals surface area contributed by atoms with E-state index in [1.807, 2.05) is 30.3 Å². The lowest BCUT2D eigenvalue weighted by Gasteiger charge is -2.08. The zero-order valence-electron chi connectivity index (χ0n) is 14.0. The van der Waals surface area contributed by atoms with Gasteiger partial charge in [-0.05, 0) is 41.5 Å². The third-order valence-electron chi connectivity index (χ3n) is 3.90. The Morgan fingerprint density at radius 3 is 2.38 bits per heavy atom. The van der Waals surface area contributed by atoms with Gasteiger partial charge in [-0.25, -0.2) is 0 Å². The number of carbonyl (C=O) groups is 1. The number of hydrogen-bond acceptors (Lipinski definition) is 4. The molecule has 0 aliphatic carbocycles. The maximum atomic E-state index is 12.5. The first-order valence-electron chi connectivity index (χ1n) is 7.88. The van der Waals surface area contributed by atoms with Crippen molar-refractivity contribution in [1.29, 1.82) is 0 Å². The molecule has 3 aromatic carbocycles. The van der Waals surface area contributed by atoms with Crippen LogP contribution in [0, 0.1) is 10.1 Å². The lowest BCUT2D eigenvalue weighted by atomic mass is 10.0. The molecule has 0 fully saturated rings. The number of carbonyl (C=O) groups excluding carboxylic acids is 1. The van der Waals surface area contributed by atoms with Gasteiger partial charge in [-0.15, -0.1) is 0 Å². The lowest BCUT2D eigenvalue weighted by molar-refractivity contribution is -0.383. The maximum absolute atomic E-state index is 12.5. The summed E-state index contributed by atoms with van der Waals surface area (Å²) in [6.45, 7) is 0. The minimum atomic E-state index is -0.524. The zero-order valence-corrected chi connectivity index (χ0v) is 14.0. The van der Waals surface area contributed by atoms with E-state index in [-0.39, 0.29) is 11.4 Å². The number of nitro groups is 1. The van der Waals surface area contributed by atoms with Gasteiger partial charge in [-0.1, -0.05) is 36.4 Å². The number of amides is 1. The fourth-order valence-electron chi connectivity index (χ4n) is 2.56. The highest BCUT2D eigenvalue weighted by atomic mass is 16.6. The molecule has 130 valence electrons. The van der Waals surface area contributed by atoms with Gasteiger partial charge in [0.15, 0.2) is 0 Å². The van der Waals surface area contributed by atoms with E-state index in [9.17, 15) is 14.9 Å². The molecule has 1 N–H and O–H groups in total. The van der Waals surface area contributed by atoms with Crippen LogP contribution in [-0.2, 0) is 0 Å². The van der Waals surface area contributed by atoms with Crippen LogP contribution in [0.1, 0.15) is 10.4 Å². The quantitative estimate of drug-likeness (QED) is 0.543. The summed E-state index contributed by atoms with van der Waals surface area (Å²) in [5.74, 6) is 0.341. The van der Waals surface area contributed by atoms with Crippen LogP contribution in [0.4, 0.5) is 11.4 Å². The number of rotatable bonds is 5. The van der Waals surface area contributed by atoms with Gasteiger partial charge in [0.1, 0.15) is 11.4 Å². The normalized spacial score (nSPS) is 10.2. The molecule has 0 aliphatic heterocycles. The molecule has 0 aliphatic rings. The summed E-state index contributed by atoms with van der Waals surface area (Å²) in [7, 11) is 1.60. The lowest BCUT2D eigenvalue weighted by Crippen LogP contribution is -2.13. The molecule has 0 saturated heterocycles. The molecule has 0 spiro atoms. The van der Waals surface area contributed by atoms with E-state index in [0.717, 1.165) is 16.9 Å². The Labute approximate surface area is 150 Å². The van der Waals surface area contributed by atoms with Crippen molar-refractivity contribution in [2.45, 2.75) is 0 Å². The number of methoxy groups -OCH3 is 1. The van der Waals surface area contributed by atoms with Gasteiger partial charge in [0.2, 0.25) is 0 Å². The molecule has 0 saturated carbocycles. The molecule has 0 radical (unpaired) electrons. The van der Waals surface area contributed by atoms with Crippen molar-refractivity contribution in [2.24, 2.45) is 0 Å². The molecular weight excluding hydrogens is 332 g/mol. The standard InChI is InChI=1S/C20H16N2O4/c1-26-17-11-9-14(10-12-17)15-5-4-6-16(13-15)20(23)21-18-7-2-3-8-19(18)22(24)25/h2-13H,1H3,(H,21,23). The molecule has 6 heteroatoms. The highest BCUT2D eigenvalue weighted by Crippen LogP contribution is 2.26. The SMILES string of the molecule is COc1ccc(-c2cccc(C(=O)Nc3ccccc3[N+](=O)[O-])c2)cc1. The van der Waals surface area contributed by atoms with Crippen molar-refractivity contribution < 1.29 is 14.5 Å². The Morgan fingerprint density at radius 2 is 1.69 bits per heavy atom. The molecule has 1 amide bonds. The largest absolute Gasteiger partial charge is 0.497 e. The number of nitro benzene ring substituents is 1. The minimum absolute atomic E-state index is 0.146. The van der Waals surface area contributed by atoms with Crippen LogP contribution in [0.3, 0.4) is 0 Å². The molecule has 0 aromatic heterocycles. The summed E-state index contributed by atoms with van der Waals surface area (Å²) >= 11 is 0. The van der Waals surface area contributed by atoms with Crippen LogP contribution < -0.4 is 10.1 Å². The summed E-state index contributed by atoms with van der Waals surface area (Å²) in [6.07, 6.45) is 0. The number of nitrogens with zero attached hydrogens (tertiary/aromatic N) is 1. The zero-order chi connectivity index (χ0) is 18.5. The Bertz CT molecular complexity index is 952. The predicted octanol–water partition coefficient (Wildman–Crippen LogP) is 4.52. The first-order valence-corrected chi connectivity index (χ1v) is 7.88. The Kier molecular flexibility index (Phi) is 4.94. The van der Waals surface area contributed by atoms with E-state index in [0.29, 0.717) is 5.56 Å². The van der Waals surface area contributed by atoms with E-state index in [2.05, 4.69) is 5.32 Å². The van der Waals surface area contributed by atoms with Crippen LogP contribution in [0.5, 0.6) is 5.75 Å². The number of para-hydroxylation sites is 2. The van der Waals surface area contributed by atoms with Gasteiger partial charge >= 0.3 is 0 Å². The van der Waals surface area contributed by atoms with Crippen LogP contribution in [0.15, 0.2) is 72.8 Å². The van der Waals surface area contributed by atoms with E-state index < -0.39 is 10.8 Å². The van der Waals surface area contributed by atoms with Gasteiger partial charge in [-0.2, -0.15) is 0 Å². The van der Waals surface area contributed by atoms with Gasteiger partial charge in [-0.3, -0.25) is 14.9 Å². The molecule has 3 rings (SSSR count). The highest BCUT2D eigenvalue weighted by Gasteiger charge is 2.16. The second kappa shape index (κ2) is 7.48. The van der Waals surface area contributed by atoms with Crippen molar-refractivity contribution in [2.75, 3.05) is 12.4 Å². The summed E-state index contributed by atoms with van der Waals surface area (Å²) in [5.41, 5.74) is 2.23. The average Bonchev–Trinajstić information content (AvgIpc) is 2.68. The van der Waals surface area contributed by atoms with Crippen molar-refractivity contribution >= 4 is 17.3 Å². The average molecular weight is 348 g/mol. The topological polar surface area (TPSA) is 81.5 Å². The number of hydrogen-bond donors (Lipinski definition) is 1. The van der Waals surface area contributed by atoms with Gasteiger partial charge in [0.25, 0.3) is 11.6 Å². The van der Waals surface area contributed by atoms with Crippen molar-refractivity contribution in [3.8, 4) is 16.9 Å². The summed E-state index contributed by atoms with van der Waals surface area (Å²) in [5, 5.41) is 13.7. The molecular formula is C20H16N2O4. The maximum Gasteiger partial charge on any atom is 0.292 e. The van der Waals surface area contributed by atoms with Crippen LogP contribution in [-0.4, -0.2) is 17.9 Å². The third-order valence-corrected chi connectivity index (χ3v) is 3.90. The summed E-state index contributed by atoms with van der Waals surface area (Å²) in [6, 6.07) is 20.6. The van der Waals surface area contributed by atoms with Gasteiger partial charge < -0.3 is 10.1 Å². The van der Waals surface area contributed by atoms with Crippen molar-refractivity contribution in [1.82, 2.24) is 0 Å². The second-order valence-electron chi connectivity index (χ2n) is 5.54. The number of nitrogens with one attached hydrogen (secondary N) is 1. The van der Waals surface area contributed by atoms with Crippen LogP contribution in [0.2, 0.25) is 0 Å². The molecule has 0 bridgehead atoms. The first-order chi connectivity index (χ1) is 12.6. The van der Waals surface area contributed by atoms with Gasteiger partial charge in [0.05, 0.1) is 12.0 Å². The minimum Gasteiger partial charge on any atom is -0.497 e. The van der Waals surface area contributed by atoms with Crippen molar-refractivity contribution in [3.63, 3.8) is 0 Å². The highest BCUT2D eigenvalue weighted by molar-refractivity contribution is 6.06. The fourth-order valence-corrected chi connectivity index (χ4v) is 2.56.